The van der Waals surface area contributed by atoms with E-state index < -0.39 is 65.0 Å². The fourth-order valence-corrected chi connectivity index (χ4v) is 3.35. The van der Waals surface area contributed by atoms with Crippen molar-refractivity contribution < 1.29 is 38.4 Å². The summed E-state index contributed by atoms with van der Waals surface area (Å²) in [4.78, 5) is 72.1. The first-order valence-corrected chi connectivity index (χ1v) is 9.93. The first-order chi connectivity index (χ1) is 16.2. The van der Waals surface area contributed by atoms with Gasteiger partial charge in [-0.1, -0.05) is 36.4 Å². The summed E-state index contributed by atoms with van der Waals surface area (Å²) in [6, 6.07) is 11.4. The number of esters is 2. The van der Waals surface area contributed by atoms with Gasteiger partial charge in [0, 0.05) is 12.5 Å². The van der Waals surface area contributed by atoms with Gasteiger partial charge in [-0.25, -0.2) is 4.79 Å². The van der Waals surface area contributed by atoms with Crippen LogP contribution in [0.2, 0.25) is 0 Å². The van der Waals surface area contributed by atoms with Gasteiger partial charge in [0.25, 0.3) is 23.4 Å². The monoisotopic (exact) mass is 469 g/mol. The van der Waals surface area contributed by atoms with Gasteiger partial charge in [-0.2, -0.15) is 0 Å². The first kappa shape index (κ1) is 24.0. The number of methoxy groups -OCH3 is 1. The fourth-order valence-electron chi connectivity index (χ4n) is 3.35. The zero-order valence-corrected chi connectivity index (χ0v) is 17.9. The number of nitro benzene ring substituents is 1. The Labute approximate surface area is 192 Å². The number of nitrogens with zero attached hydrogens (tertiary/aromatic N) is 2. The Morgan fingerprint density at radius 3 is 2.41 bits per heavy atom. The van der Waals surface area contributed by atoms with E-state index in [0.717, 1.165) is 11.6 Å². The van der Waals surface area contributed by atoms with Crippen molar-refractivity contribution in [1.29, 1.82) is 0 Å². The van der Waals surface area contributed by atoms with Crippen LogP contribution in [-0.2, 0) is 30.3 Å². The van der Waals surface area contributed by atoms with E-state index in [1.807, 2.05) is 0 Å². The van der Waals surface area contributed by atoms with E-state index in [0.29, 0.717) is 4.90 Å². The second-order valence-electron chi connectivity index (χ2n) is 7.15. The molecule has 0 bridgehead atoms. The summed E-state index contributed by atoms with van der Waals surface area (Å²) in [5.74, 6) is -4.50. The third-order valence-corrected chi connectivity index (χ3v) is 4.93. The maximum atomic E-state index is 12.5. The van der Waals surface area contributed by atoms with Crippen molar-refractivity contribution in [3.05, 3.63) is 75.3 Å². The SMILES string of the molecule is COC(=O)C(Cc1ccccc1)NC(=O)COC(=O)CN1C(=O)c2cccc([N+](=O)[O-])c2C1=O. The molecule has 2 aromatic carbocycles. The first-order valence-electron chi connectivity index (χ1n) is 9.93. The maximum absolute atomic E-state index is 12.5. The third kappa shape index (κ3) is 5.23. The summed E-state index contributed by atoms with van der Waals surface area (Å²) < 4.78 is 9.51. The lowest BCUT2D eigenvalue weighted by Crippen LogP contribution is -2.45. The van der Waals surface area contributed by atoms with E-state index in [1.165, 1.54) is 19.2 Å². The summed E-state index contributed by atoms with van der Waals surface area (Å²) in [6.07, 6.45) is 0.140. The van der Waals surface area contributed by atoms with Crippen molar-refractivity contribution >= 4 is 35.3 Å². The second kappa shape index (κ2) is 10.3. The van der Waals surface area contributed by atoms with Crippen LogP contribution in [0, 0.1) is 10.1 Å². The zero-order valence-electron chi connectivity index (χ0n) is 17.9. The van der Waals surface area contributed by atoms with Crippen molar-refractivity contribution in [2.75, 3.05) is 20.3 Å². The summed E-state index contributed by atoms with van der Waals surface area (Å²) in [5, 5.41) is 13.6. The van der Waals surface area contributed by atoms with Crippen LogP contribution in [0.5, 0.6) is 0 Å². The van der Waals surface area contributed by atoms with Crippen LogP contribution in [-0.4, -0.2) is 65.8 Å². The quantitative estimate of drug-likeness (QED) is 0.240. The molecule has 1 N–H and O–H groups in total. The normalized spacial score (nSPS) is 13.1. The van der Waals surface area contributed by atoms with Crippen LogP contribution in [0.25, 0.3) is 0 Å². The molecule has 176 valence electrons. The van der Waals surface area contributed by atoms with Crippen LogP contribution >= 0.6 is 0 Å². The minimum atomic E-state index is -1.09. The number of carbonyl (C=O) groups is 5. The number of benzene rings is 2. The van der Waals surface area contributed by atoms with Crippen LogP contribution < -0.4 is 5.32 Å². The largest absolute Gasteiger partial charge is 0.467 e. The maximum Gasteiger partial charge on any atom is 0.328 e. The van der Waals surface area contributed by atoms with Gasteiger partial charge < -0.3 is 14.8 Å². The highest BCUT2D eigenvalue weighted by Gasteiger charge is 2.42. The molecular formula is C22H19N3O9. The molecule has 0 spiro atoms. The molecule has 1 unspecified atom stereocenters. The molecule has 1 atom stereocenters. The number of amides is 3. The number of carbonyl (C=O) groups excluding carboxylic acids is 5. The Hall–Kier alpha value is -4.61. The lowest BCUT2D eigenvalue weighted by Gasteiger charge is -2.17. The van der Waals surface area contributed by atoms with Crippen LogP contribution in [0.1, 0.15) is 26.3 Å². The van der Waals surface area contributed by atoms with Crippen LogP contribution in [0.4, 0.5) is 5.69 Å². The van der Waals surface area contributed by atoms with Crippen LogP contribution in [0.3, 0.4) is 0 Å². The van der Waals surface area contributed by atoms with Crippen molar-refractivity contribution in [2.45, 2.75) is 12.5 Å². The van der Waals surface area contributed by atoms with E-state index >= 15 is 0 Å². The molecule has 1 aliphatic rings. The van der Waals surface area contributed by atoms with Gasteiger partial charge in [0.1, 0.15) is 18.2 Å². The average molecular weight is 469 g/mol. The molecule has 0 saturated heterocycles. The van der Waals surface area contributed by atoms with E-state index in [2.05, 4.69) is 10.1 Å². The molecule has 2 aromatic rings. The molecular weight excluding hydrogens is 450 g/mol. The predicted molar refractivity (Wildman–Crippen MR) is 114 cm³/mol. The molecule has 0 fully saturated rings. The number of fused-ring (bicyclic) bond motifs is 1. The molecule has 12 heteroatoms. The molecule has 1 aliphatic heterocycles. The molecule has 3 amide bonds. The molecule has 34 heavy (non-hydrogen) atoms. The minimum absolute atomic E-state index is 0.140. The van der Waals surface area contributed by atoms with Gasteiger partial charge >= 0.3 is 11.9 Å². The van der Waals surface area contributed by atoms with E-state index in [9.17, 15) is 34.1 Å². The number of imide groups is 1. The van der Waals surface area contributed by atoms with Gasteiger partial charge in [0.05, 0.1) is 17.6 Å². The van der Waals surface area contributed by atoms with E-state index in [4.69, 9.17) is 4.74 Å². The Kier molecular flexibility index (Phi) is 7.31. The summed E-state index contributed by atoms with van der Waals surface area (Å²) in [6.45, 7) is -1.63. The smallest absolute Gasteiger partial charge is 0.328 e. The standard InChI is InChI=1S/C22H19N3O9/c1-33-22(30)15(10-13-6-3-2-4-7-13)23-17(26)12-34-18(27)11-24-20(28)14-8-5-9-16(25(31)32)19(14)21(24)29/h2-9,15H,10-12H2,1H3,(H,23,26). The lowest BCUT2D eigenvalue weighted by molar-refractivity contribution is -0.385. The van der Waals surface area contributed by atoms with Crippen molar-refractivity contribution in [1.82, 2.24) is 10.2 Å². The Morgan fingerprint density at radius 2 is 1.76 bits per heavy atom. The molecule has 3 rings (SSSR count). The van der Waals surface area contributed by atoms with Gasteiger partial charge in [-0.05, 0) is 11.6 Å². The summed E-state index contributed by atoms with van der Waals surface area (Å²) in [7, 11) is 1.17. The highest BCUT2D eigenvalue weighted by Crippen LogP contribution is 2.30. The molecule has 1 heterocycles. The summed E-state index contributed by atoms with van der Waals surface area (Å²) in [5.41, 5.74) is -0.412. The van der Waals surface area contributed by atoms with Gasteiger partial charge in [0.15, 0.2) is 6.61 Å². The number of nitro groups is 1. The number of ether oxygens (including phenoxy) is 2. The number of rotatable bonds is 9. The van der Waals surface area contributed by atoms with Crippen molar-refractivity contribution in [2.24, 2.45) is 0 Å². The predicted octanol–water partition coefficient (Wildman–Crippen LogP) is 0.635. The Bertz CT molecular complexity index is 1160. The fraction of sp³-hybridized carbons (Fsp3) is 0.227. The average Bonchev–Trinajstić information content (AvgIpc) is 3.07. The van der Waals surface area contributed by atoms with Gasteiger partial charge in [-0.15, -0.1) is 0 Å². The number of nitrogens with one attached hydrogen (secondary N) is 1. The topological polar surface area (TPSA) is 162 Å². The lowest BCUT2D eigenvalue weighted by atomic mass is 10.1. The van der Waals surface area contributed by atoms with Crippen LogP contribution in [0.15, 0.2) is 48.5 Å². The Balaban J connectivity index is 1.58. The van der Waals surface area contributed by atoms with Crippen molar-refractivity contribution in [3.8, 4) is 0 Å². The minimum Gasteiger partial charge on any atom is -0.467 e. The van der Waals surface area contributed by atoms with E-state index in [-0.39, 0.29) is 12.0 Å². The molecule has 0 aromatic heterocycles. The molecule has 0 saturated carbocycles. The van der Waals surface area contributed by atoms with Crippen molar-refractivity contribution in [3.63, 3.8) is 0 Å². The zero-order chi connectivity index (χ0) is 24.8. The number of hydrogen-bond acceptors (Lipinski definition) is 9. The molecule has 12 nitrogen and oxygen atoms in total. The molecule has 0 radical (unpaired) electrons. The second-order valence-corrected chi connectivity index (χ2v) is 7.15. The van der Waals surface area contributed by atoms with Gasteiger partial charge in [-0.3, -0.25) is 34.2 Å². The number of hydrogen-bond donors (Lipinski definition) is 1. The Morgan fingerprint density at radius 1 is 1.06 bits per heavy atom. The molecule has 0 aliphatic carbocycles. The van der Waals surface area contributed by atoms with E-state index in [1.54, 1.807) is 30.3 Å². The highest BCUT2D eigenvalue weighted by molar-refractivity contribution is 6.24. The highest BCUT2D eigenvalue weighted by atomic mass is 16.6. The van der Waals surface area contributed by atoms with Gasteiger partial charge in [0.2, 0.25) is 0 Å². The summed E-state index contributed by atoms with van der Waals surface area (Å²) >= 11 is 0. The third-order valence-electron chi connectivity index (χ3n) is 4.93.